The van der Waals surface area contributed by atoms with E-state index in [1.54, 1.807) is 6.20 Å². The summed E-state index contributed by atoms with van der Waals surface area (Å²) in [4.78, 5) is 36.2. The topological polar surface area (TPSA) is 119 Å². The van der Waals surface area contributed by atoms with Crippen LogP contribution in [0.1, 0.15) is 5.56 Å². The number of nitrogens with one attached hydrogen (secondary N) is 2. The Hall–Kier alpha value is -3.09. The van der Waals surface area contributed by atoms with Crippen molar-refractivity contribution in [3.05, 3.63) is 48.2 Å². The highest BCUT2D eigenvalue weighted by Gasteiger charge is 2.21. The van der Waals surface area contributed by atoms with Crippen molar-refractivity contribution in [1.82, 2.24) is 10.3 Å². The van der Waals surface area contributed by atoms with Crippen LogP contribution in [-0.4, -0.2) is 39.1 Å². The van der Waals surface area contributed by atoms with Crippen LogP contribution in [0, 0.1) is 0 Å². The second-order valence-electron chi connectivity index (χ2n) is 4.63. The summed E-state index contributed by atoms with van der Waals surface area (Å²) in [6, 6.07) is 6.26. The third-order valence-corrected chi connectivity index (χ3v) is 3.09. The zero-order valence-electron chi connectivity index (χ0n) is 11.4. The average Bonchev–Trinajstić information content (AvgIpc) is 2.87. The molecule has 0 saturated carbocycles. The maximum atomic E-state index is 11.5. The quantitative estimate of drug-likeness (QED) is 0.591. The number of carboxylic acid groups (broad SMARTS) is 2. The standard InChI is InChI=1S/C15H14N2O5/c18-13(5-6-14(19)20)17-12(15(21)22)7-9-8-16-11-4-2-1-3-10(9)11/h1-6,8,12,16H,7H2,(H,17,18)(H,19,20)(H,21,22)/b6-5+/t12-/m0/s1. The molecule has 1 amide bonds. The number of aromatic amines is 1. The Morgan fingerprint density at radius 1 is 1.18 bits per heavy atom. The van der Waals surface area contributed by atoms with Gasteiger partial charge in [0.25, 0.3) is 0 Å². The highest BCUT2D eigenvalue weighted by atomic mass is 16.4. The van der Waals surface area contributed by atoms with E-state index in [-0.39, 0.29) is 6.42 Å². The van der Waals surface area contributed by atoms with E-state index in [9.17, 15) is 19.5 Å². The van der Waals surface area contributed by atoms with Gasteiger partial charge < -0.3 is 20.5 Å². The van der Waals surface area contributed by atoms with Crippen molar-refractivity contribution in [2.75, 3.05) is 0 Å². The summed E-state index contributed by atoms with van der Waals surface area (Å²) < 4.78 is 0. The molecule has 1 heterocycles. The van der Waals surface area contributed by atoms with Crippen LogP contribution in [0.25, 0.3) is 10.9 Å². The van der Waals surface area contributed by atoms with Gasteiger partial charge in [0.15, 0.2) is 0 Å². The minimum atomic E-state index is -1.28. The second kappa shape index (κ2) is 6.57. The fourth-order valence-corrected chi connectivity index (χ4v) is 2.09. The zero-order chi connectivity index (χ0) is 16.1. The van der Waals surface area contributed by atoms with Gasteiger partial charge >= 0.3 is 11.9 Å². The van der Waals surface area contributed by atoms with Gasteiger partial charge in [-0.05, 0) is 11.6 Å². The van der Waals surface area contributed by atoms with Crippen LogP contribution in [0.4, 0.5) is 0 Å². The first-order chi connectivity index (χ1) is 10.5. The summed E-state index contributed by atoms with van der Waals surface area (Å²) >= 11 is 0. The molecule has 7 heteroatoms. The van der Waals surface area contributed by atoms with E-state index in [2.05, 4.69) is 10.3 Å². The Morgan fingerprint density at radius 3 is 2.59 bits per heavy atom. The van der Waals surface area contributed by atoms with Crippen molar-refractivity contribution in [1.29, 1.82) is 0 Å². The number of para-hydroxylation sites is 1. The van der Waals surface area contributed by atoms with E-state index in [1.165, 1.54) is 0 Å². The summed E-state index contributed by atoms with van der Waals surface area (Å²) in [6.07, 6.45) is 3.22. The molecule has 0 spiro atoms. The summed E-state index contributed by atoms with van der Waals surface area (Å²) in [5.74, 6) is -3.24. The van der Waals surface area contributed by atoms with E-state index >= 15 is 0 Å². The average molecular weight is 302 g/mol. The Kier molecular flexibility index (Phi) is 4.57. The molecule has 0 unspecified atom stereocenters. The molecule has 22 heavy (non-hydrogen) atoms. The number of hydrogen-bond donors (Lipinski definition) is 4. The van der Waals surface area contributed by atoms with Crippen molar-refractivity contribution in [2.45, 2.75) is 12.5 Å². The van der Waals surface area contributed by atoms with Crippen molar-refractivity contribution < 1.29 is 24.6 Å². The van der Waals surface area contributed by atoms with E-state index < -0.39 is 23.9 Å². The van der Waals surface area contributed by atoms with Gasteiger partial charge in [-0.1, -0.05) is 18.2 Å². The number of aromatic nitrogens is 1. The first-order valence-electron chi connectivity index (χ1n) is 6.46. The van der Waals surface area contributed by atoms with E-state index in [4.69, 9.17) is 5.11 Å². The lowest BCUT2D eigenvalue weighted by Gasteiger charge is -2.12. The molecule has 114 valence electrons. The molecule has 2 aromatic rings. The lowest BCUT2D eigenvalue weighted by atomic mass is 10.0. The molecule has 1 aromatic carbocycles. The Morgan fingerprint density at radius 2 is 1.91 bits per heavy atom. The Labute approximate surface area is 125 Å². The fraction of sp³-hybridized carbons (Fsp3) is 0.133. The van der Waals surface area contributed by atoms with Crippen LogP contribution >= 0.6 is 0 Å². The molecule has 0 fully saturated rings. The van der Waals surface area contributed by atoms with Gasteiger partial charge in [0.05, 0.1) is 0 Å². The minimum absolute atomic E-state index is 0.0893. The number of amides is 1. The van der Waals surface area contributed by atoms with Crippen molar-refractivity contribution in [2.24, 2.45) is 0 Å². The third-order valence-electron chi connectivity index (χ3n) is 3.09. The van der Waals surface area contributed by atoms with Gasteiger partial charge in [-0.15, -0.1) is 0 Å². The Balaban J connectivity index is 2.14. The molecule has 0 bridgehead atoms. The van der Waals surface area contributed by atoms with Gasteiger partial charge in [-0.2, -0.15) is 0 Å². The molecule has 0 aliphatic carbocycles. The number of carboxylic acids is 2. The van der Waals surface area contributed by atoms with Crippen LogP contribution in [-0.2, 0) is 20.8 Å². The lowest BCUT2D eigenvalue weighted by molar-refractivity contribution is -0.141. The van der Waals surface area contributed by atoms with Crippen LogP contribution < -0.4 is 5.32 Å². The van der Waals surface area contributed by atoms with Crippen molar-refractivity contribution in [3.63, 3.8) is 0 Å². The van der Waals surface area contributed by atoms with Crippen LogP contribution in [0.5, 0.6) is 0 Å². The normalized spacial score (nSPS) is 12.4. The molecule has 1 aromatic heterocycles. The monoisotopic (exact) mass is 302 g/mol. The molecule has 4 N–H and O–H groups in total. The predicted molar refractivity (Wildman–Crippen MR) is 78.3 cm³/mol. The maximum Gasteiger partial charge on any atom is 0.328 e. The lowest BCUT2D eigenvalue weighted by Crippen LogP contribution is -2.41. The Bertz CT molecular complexity index is 747. The predicted octanol–water partition coefficient (Wildman–Crippen LogP) is 0.921. The number of carbonyl (C=O) groups excluding carboxylic acids is 1. The number of H-pyrrole nitrogens is 1. The van der Waals surface area contributed by atoms with Gasteiger partial charge in [-0.3, -0.25) is 4.79 Å². The van der Waals surface area contributed by atoms with Crippen LogP contribution in [0.15, 0.2) is 42.6 Å². The molecule has 0 saturated heterocycles. The largest absolute Gasteiger partial charge is 0.480 e. The summed E-state index contributed by atoms with van der Waals surface area (Å²) in [7, 11) is 0. The highest BCUT2D eigenvalue weighted by molar-refractivity contribution is 5.96. The smallest absolute Gasteiger partial charge is 0.328 e. The van der Waals surface area contributed by atoms with E-state index in [0.29, 0.717) is 6.08 Å². The molecule has 0 aliphatic heterocycles. The molecular formula is C15H14N2O5. The highest BCUT2D eigenvalue weighted by Crippen LogP contribution is 2.19. The maximum absolute atomic E-state index is 11.5. The second-order valence-corrected chi connectivity index (χ2v) is 4.63. The zero-order valence-corrected chi connectivity index (χ0v) is 11.4. The van der Waals surface area contributed by atoms with E-state index in [1.807, 2.05) is 24.3 Å². The van der Waals surface area contributed by atoms with Crippen LogP contribution in [0.2, 0.25) is 0 Å². The number of rotatable bonds is 6. The summed E-state index contributed by atoms with van der Waals surface area (Å²) in [5, 5.41) is 20.8. The van der Waals surface area contributed by atoms with Crippen molar-refractivity contribution >= 4 is 28.7 Å². The number of aliphatic carboxylic acids is 2. The van der Waals surface area contributed by atoms with E-state index in [0.717, 1.165) is 22.5 Å². The van der Waals surface area contributed by atoms with Gasteiger partial charge in [-0.25, -0.2) is 9.59 Å². The summed E-state index contributed by atoms with van der Waals surface area (Å²) in [6.45, 7) is 0. The number of carbonyl (C=O) groups is 3. The third kappa shape index (κ3) is 3.72. The van der Waals surface area contributed by atoms with Crippen molar-refractivity contribution in [3.8, 4) is 0 Å². The SMILES string of the molecule is O=C(O)/C=C/C(=O)N[C@@H](Cc1c[nH]c2ccccc12)C(=O)O. The first-order valence-corrected chi connectivity index (χ1v) is 6.46. The molecule has 7 nitrogen and oxygen atoms in total. The first kappa shape index (κ1) is 15.3. The number of benzene rings is 1. The van der Waals surface area contributed by atoms with Gasteiger partial charge in [0.1, 0.15) is 6.04 Å². The molecule has 0 radical (unpaired) electrons. The van der Waals surface area contributed by atoms with Gasteiger partial charge in [0.2, 0.25) is 5.91 Å². The molecule has 1 atom stereocenters. The molecule has 2 rings (SSSR count). The molecular weight excluding hydrogens is 288 g/mol. The minimum Gasteiger partial charge on any atom is -0.480 e. The fourth-order valence-electron chi connectivity index (χ4n) is 2.09. The number of hydrogen-bond acceptors (Lipinski definition) is 3. The summed E-state index contributed by atoms with van der Waals surface area (Å²) in [5.41, 5.74) is 1.63. The molecule has 0 aliphatic rings. The number of fused-ring (bicyclic) bond motifs is 1. The van der Waals surface area contributed by atoms with Crippen LogP contribution in [0.3, 0.4) is 0 Å². The van der Waals surface area contributed by atoms with Gasteiger partial charge in [0, 0.05) is 35.7 Å².